The Bertz CT molecular complexity index is 1280. The first-order valence-electron chi connectivity index (χ1n) is 9.08. The van der Waals surface area contributed by atoms with Crippen LogP contribution in [0.5, 0.6) is 0 Å². The van der Waals surface area contributed by atoms with Crippen molar-refractivity contribution in [1.82, 2.24) is 19.5 Å². The quantitative estimate of drug-likeness (QED) is 0.329. The second kappa shape index (κ2) is 8.87. The standard InChI is InChI=1S/C23H15F2N5.Pt/c1-23(2,21-7-4-8-22(29-21)30-13-16(12-26)27-14-30)20-6-3-5-19(28-20)17-10-9-15(24)11-18(17)25;/h3-9,11,13H,1-2H3;/q-2;+2. The summed E-state index contributed by atoms with van der Waals surface area (Å²) >= 11 is 0. The normalized spacial score (nSPS) is 10.9. The fourth-order valence-corrected chi connectivity index (χ4v) is 3.06. The summed E-state index contributed by atoms with van der Waals surface area (Å²) in [7, 11) is 0. The van der Waals surface area contributed by atoms with Gasteiger partial charge in [0, 0.05) is 40.5 Å². The van der Waals surface area contributed by atoms with E-state index in [1.807, 2.05) is 38.1 Å². The number of rotatable bonds is 4. The minimum absolute atomic E-state index is 0. The molecule has 8 heteroatoms. The van der Waals surface area contributed by atoms with Gasteiger partial charge in [-0.15, -0.1) is 12.1 Å². The molecule has 5 nitrogen and oxygen atoms in total. The average molecular weight is 594 g/mol. The van der Waals surface area contributed by atoms with Crippen LogP contribution in [0, 0.1) is 35.4 Å². The first-order valence-corrected chi connectivity index (χ1v) is 9.08. The van der Waals surface area contributed by atoms with Crippen molar-refractivity contribution in [1.29, 1.82) is 5.26 Å². The molecule has 0 fully saturated rings. The van der Waals surface area contributed by atoms with E-state index in [0.717, 1.165) is 12.1 Å². The Morgan fingerprint density at radius 2 is 1.77 bits per heavy atom. The van der Waals surface area contributed by atoms with Crippen molar-refractivity contribution in [3.05, 3.63) is 95.8 Å². The second-order valence-corrected chi connectivity index (χ2v) is 7.16. The fourth-order valence-electron chi connectivity index (χ4n) is 3.06. The molecule has 0 saturated carbocycles. The van der Waals surface area contributed by atoms with Gasteiger partial charge in [0.1, 0.15) is 0 Å². The molecule has 4 aromatic rings. The van der Waals surface area contributed by atoms with Gasteiger partial charge in [0.15, 0.2) is 0 Å². The molecule has 3 aromatic heterocycles. The van der Waals surface area contributed by atoms with Gasteiger partial charge in [0.25, 0.3) is 0 Å². The molecule has 0 bridgehead atoms. The molecule has 1 aromatic carbocycles. The monoisotopic (exact) mass is 594 g/mol. The molecular weight excluding hydrogens is 579 g/mol. The maximum absolute atomic E-state index is 14.2. The van der Waals surface area contributed by atoms with Gasteiger partial charge in [-0.05, 0) is 31.7 Å². The van der Waals surface area contributed by atoms with Gasteiger partial charge < -0.3 is 14.5 Å². The minimum Gasteiger partial charge on any atom is -0.417 e. The third kappa shape index (κ3) is 4.45. The summed E-state index contributed by atoms with van der Waals surface area (Å²) in [5.41, 5.74) is 1.46. The molecule has 0 aliphatic rings. The van der Waals surface area contributed by atoms with Gasteiger partial charge in [-0.3, -0.25) is 13.8 Å². The fraction of sp³-hybridized carbons (Fsp3) is 0.130. The summed E-state index contributed by atoms with van der Waals surface area (Å²) in [6.07, 6.45) is 4.27. The zero-order chi connectivity index (χ0) is 21.3. The molecule has 0 unspecified atom stereocenters. The number of halogens is 2. The predicted molar refractivity (Wildman–Crippen MR) is 105 cm³/mol. The third-order valence-corrected chi connectivity index (χ3v) is 4.77. The molecule has 0 radical (unpaired) electrons. The molecular formula is C23H15F2N5Pt. The van der Waals surface area contributed by atoms with Crippen molar-refractivity contribution in [3.8, 4) is 23.1 Å². The Morgan fingerprint density at radius 3 is 2.45 bits per heavy atom. The number of pyridine rings is 2. The van der Waals surface area contributed by atoms with E-state index in [1.54, 1.807) is 29.0 Å². The molecule has 0 spiro atoms. The molecule has 0 aliphatic heterocycles. The molecule has 0 aliphatic carbocycles. The van der Waals surface area contributed by atoms with Crippen molar-refractivity contribution in [2.75, 3.05) is 0 Å². The zero-order valence-electron chi connectivity index (χ0n) is 16.5. The Hall–Kier alpha value is -3.23. The van der Waals surface area contributed by atoms with Gasteiger partial charge in [-0.2, -0.15) is 0 Å². The van der Waals surface area contributed by atoms with Crippen LogP contribution in [0.2, 0.25) is 0 Å². The van der Waals surface area contributed by atoms with E-state index in [4.69, 9.17) is 5.26 Å². The summed E-state index contributed by atoms with van der Waals surface area (Å²) in [6.45, 7) is 3.91. The van der Waals surface area contributed by atoms with Crippen LogP contribution >= 0.6 is 0 Å². The Kier molecular flexibility index (Phi) is 6.42. The molecule has 156 valence electrons. The molecule has 0 saturated heterocycles. The number of aromatic nitrogens is 4. The summed E-state index contributed by atoms with van der Waals surface area (Å²) < 4.78 is 29.0. The van der Waals surface area contributed by atoms with Crippen molar-refractivity contribution >= 4 is 0 Å². The molecule has 31 heavy (non-hydrogen) atoms. The second-order valence-electron chi connectivity index (χ2n) is 7.16. The molecule has 3 heterocycles. The minimum atomic E-state index is -0.721. The summed E-state index contributed by atoms with van der Waals surface area (Å²) in [4.78, 5) is 13.2. The summed E-state index contributed by atoms with van der Waals surface area (Å²) in [6, 6.07) is 17.2. The maximum Gasteiger partial charge on any atom is 2.00 e. The van der Waals surface area contributed by atoms with Crippen LogP contribution in [0.15, 0.2) is 54.7 Å². The van der Waals surface area contributed by atoms with E-state index < -0.39 is 17.0 Å². The van der Waals surface area contributed by atoms with Gasteiger partial charge in [0.05, 0.1) is 11.9 Å². The van der Waals surface area contributed by atoms with Crippen LogP contribution in [0.25, 0.3) is 17.1 Å². The molecule has 4 rings (SSSR count). The number of nitriles is 1. The number of imidazole rings is 1. The van der Waals surface area contributed by atoms with Gasteiger partial charge in [-0.1, -0.05) is 42.1 Å². The molecule has 0 amide bonds. The topological polar surface area (TPSA) is 67.4 Å². The number of hydrogen-bond donors (Lipinski definition) is 0. The summed E-state index contributed by atoms with van der Waals surface area (Å²) in [5.74, 6) is -0.852. The van der Waals surface area contributed by atoms with Crippen LogP contribution in [0.1, 0.15) is 30.9 Å². The third-order valence-electron chi connectivity index (χ3n) is 4.77. The predicted octanol–water partition coefficient (Wildman–Crippen LogP) is 4.40. The zero-order valence-corrected chi connectivity index (χ0v) is 18.8. The van der Waals surface area contributed by atoms with Crippen molar-refractivity contribution in [2.24, 2.45) is 0 Å². The van der Waals surface area contributed by atoms with E-state index in [2.05, 4.69) is 27.3 Å². The summed E-state index contributed by atoms with van der Waals surface area (Å²) in [5, 5.41) is 8.96. The Morgan fingerprint density at radius 1 is 1.06 bits per heavy atom. The van der Waals surface area contributed by atoms with E-state index in [0.29, 0.717) is 22.9 Å². The average Bonchev–Trinajstić information content (AvgIpc) is 3.23. The van der Waals surface area contributed by atoms with Crippen molar-refractivity contribution in [2.45, 2.75) is 19.3 Å². The van der Waals surface area contributed by atoms with E-state index in [9.17, 15) is 8.78 Å². The largest absolute Gasteiger partial charge is 2.00 e. The maximum atomic E-state index is 14.2. The van der Waals surface area contributed by atoms with Crippen LogP contribution in [0.4, 0.5) is 8.78 Å². The van der Waals surface area contributed by atoms with Gasteiger partial charge in [-0.25, -0.2) is 5.26 Å². The SMILES string of the molecule is CC(C)(c1cccc(-c2[c-]cc(F)cc2F)n1)c1cccc(-n2[c-]nc(C#N)c2)n1.[Pt+2]. The number of hydrogen-bond acceptors (Lipinski definition) is 4. The Labute approximate surface area is 192 Å². The number of benzene rings is 1. The molecule has 0 N–H and O–H groups in total. The van der Waals surface area contributed by atoms with Crippen LogP contribution in [0.3, 0.4) is 0 Å². The van der Waals surface area contributed by atoms with Crippen molar-refractivity contribution in [3.63, 3.8) is 0 Å². The van der Waals surface area contributed by atoms with Crippen molar-refractivity contribution < 1.29 is 29.8 Å². The van der Waals surface area contributed by atoms with Crippen LogP contribution in [-0.4, -0.2) is 19.5 Å². The van der Waals surface area contributed by atoms with E-state index in [1.165, 1.54) is 0 Å². The van der Waals surface area contributed by atoms with E-state index in [-0.39, 0.29) is 32.3 Å². The Balaban J connectivity index is 0.00000272. The van der Waals surface area contributed by atoms with Gasteiger partial charge in [0.2, 0.25) is 0 Å². The first-order chi connectivity index (χ1) is 14.4. The van der Waals surface area contributed by atoms with Crippen LogP contribution < -0.4 is 0 Å². The molecule has 0 atom stereocenters. The number of nitrogens with zero attached hydrogens (tertiary/aromatic N) is 5. The smallest absolute Gasteiger partial charge is 0.417 e. The first kappa shape index (κ1) is 22.5. The van der Waals surface area contributed by atoms with Gasteiger partial charge >= 0.3 is 21.1 Å². The van der Waals surface area contributed by atoms with E-state index >= 15 is 0 Å². The van der Waals surface area contributed by atoms with Crippen LogP contribution in [-0.2, 0) is 26.5 Å².